The number of hydrogen-bond acceptors (Lipinski definition) is 6. The fraction of sp³-hybridized carbons (Fsp3) is 0.200. The number of benzene rings is 2. The van der Waals surface area contributed by atoms with Crippen molar-refractivity contribution in [3.8, 4) is 11.5 Å². The second kappa shape index (κ2) is 8.06. The van der Waals surface area contributed by atoms with Gasteiger partial charge >= 0.3 is 0 Å². The first-order valence-corrected chi connectivity index (χ1v) is 10.4. The summed E-state index contributed by atoms with van der Waals surface area (Å²) in [4.78, 5) is 19.5. The summed E-state index contributed by atoms with van der Waals surface area (Å²) in [6, 6.07) is 11.2. The molecule has 2 aromatic carbocycles. The Morgan fingerprint density at radius 2 is 1.21 bits per heavy atom. The molecule has 0 bridgehead atoms. The normalized spacial score (nSPS) is 10.3. The molecule has 0 aliphatic heterocycles. The largest absolute Gasteiger partial charge is 0.544 e. The summed E-state index contributed by atoms with van der Waals surface area (Å²) in [5.74, 6) is 0.736. The zero-order valence-electron chi connectivity index (χ0n) is 13.5. The summed E-state index contributed by atoms with van der Waals surface area (Å²) >= 11 is 0. The highest BCUT2D eigenvalue weighted by molar-refractivity contribution is 6.70. The molecule has 0 heterocycles. The average Bonchev–Trinajstić information content (AvgIpc) is 2.47. The van der Waals surface area contributed by atoms with E-state index in [-0.39, 0.29) is 17.1 Å². The SMILES string of the molecule is C[Si](C)(C)Oc1ccc([N+](=O)[O-])cc1.O=[N+]([O-])c1ccc(O)cc1. The van der Waals surface area contributed by atoms with Crippen molar-refractivity contribution in [2.45, 2.75) is 19.6 Å². The Morgan fingerprint density at radius 3 is 1.54 bits per heavy atom. The third kappa shape index (κ3) is 6.88. The van der Waals surface area contributed by atoms with Gasteiger partial charge in [0.25, 0.3) is 11.4 Å². The van der Waals surface area contributed by atoms with E-state index in [4.69, 9.17) is 9.53 Å². The molecule has 8 nitrogen and oxygen atoms in total. The van der Waals surface area contributed by atoms with Gasteiger partial charge in [-0.3, -0.25) is 20.2 Å². The van der Waals surface area contributed by atoms with Crippen LogP contribution in [0.1, 0.15) is 0 Å². The van der Waals surface area contributed by atoms with Crippen molar-refractivity contribution in [1.82, 2.24) is 0 Å². The number of nitrogens with zero attached hydrogens (tertiary/aromatic N) is 2. The first-order valence-electron chi connectivity index (χ1n) is 6.95. The number of hydrogen-bond donors (Lipinski definition) is 1. The van der Waals surface area contributed by atoms with Crippen LogP contribution in [0.3, 0.4) is 0 Å². The van der Waals surface area contributed by atoms with Crippen LogP contribution < -0.4 is 4.43 Å². The van der Waals surface area contributed by atoms with Gasteiger partial charge in [0, 0.05) is 24.3 Å². The van der Waals surface area contributed by atoms with Crippen molar-refractivity contribution in [2.75, 3.05) is 0 Å². The van der Waals surface area contributed by atoms with Crippen LogP contribution in [0.25, 0.3) is 0 Å². The number of nitro groups is 2. The fourth-order valence-corrected chi connectivity index (χ4v) is 2.41. The lowest BCUT2D eigenvalue weighted by Gasteiger charge is -2.18. The Morgan fingerprint density at radius 1 is 0.833 bits per heavy atom. The number of rotatable bonds is 4. The third-order valence-corrected chi connectivity index (χ3v) is 3.38. The molecule has 0 saturated carbocycles. The molecule has 0 fully saturated rings. The Balaban J connectivity index is 0.000000254. The van der Waals surface area contributed by atoms with E-state index in [0.29, 0.717) is 5.75 Å². The van der Waals surface area contributed by atoms with Crippen LogP contribution in [-0.4, -0.2) is 23.3 Å². The highest BCUT2D eigenvalue weighted by Crippen LogP contribution is 2.20. The summed E-state index contributed by atoms with van der Waals surface area (Å²) in [6.45, 7) is 6.19. The van der Waals surface area contributed by atoms with E-state index in [1.807, 2.05) is 0 Å². The van der Waals surface area contributed by atoms with Crippen molar-refractivity contribution < 1.29 is 19.4 Å². The fourth-order valence-electron chi connectivity index (χ4n) is 1.56. The predicted octanol–water partition coefficient (Wildman–Crippen LogP) is 4.11. The Labute approximate surface area is 139 Å². The maximum atomic E-state index is 10.4. The molecule has 0 amide bonds. The minimum absolute atomic E-state index is 0.0159. The molecule has 0 radical (unpaired) electrons. The maximum Gasteiger partial charge on any atom is 0.269 e. The van der Waals surface area contributed by atoms with E-state index in [1.54, 1.807) is 12.1 Å². The Bertz CT molecular complexity index is 695. The van der Waals surface area contributed by atoms with Crippen molar-refractivity contribution in [3.63, 3.8) is 0 Å². The summed E-state index contributed by atoms with van der Waals surface area (Å²) in [7, 11) is -1.61. The smallest absolute Gasteiger partial charge is 0.269 e. The second-order valence-electron chi connectivity index (χ2n) is 5.74. The summed E-state index contributed by atoms with van der Waals surface area (Å²) in [5, 5.41) is 29.1. The third-order valence-electron chi connectivity index (χ3n) is 2.53. The first-order chi connectivity index (χ1) is 11.1. The van der Waals surface area contributed by atoms with Gasteiger partial charge in [0.05, 0.1) is 9.85 Å². The number of phenols is 1. The van der Waals surface area contributed by atoms with E-state index in [1.165, 1.54) is 36.4 Å². The van der Waals surface area contributed by atoms with Crippen molar-refractivity contribution in [3.05, 3.63) is 68.8 Å². The van der Waals surface area contributed by atoms with Gasteiger partial charge in [-0.1, -0.05) is 0 Å². The summed E-state index contributed by atoms with van der Waals surface area (Å²) in [6.07, 6.45) is 0. The quantitative estimate of drug-likeness (QED) is 0.504. The molecule has 128 valence electrons. The van der Waals surface area contributed by atoms with E-state index < -0.39 is 18.2 Å². The molecule has 0 unspecified atom stereocenters. The van der Waals surface area contributed by atoms with Gasteiger partial charge in [-0.05, 0) is 43.9 Å². The zero-order chi connectivity index (χ0) is 18.3. The van der Waals surface area contributed by atoms with Gasteiger partial charge in [0.2, 0.25) is 8.32 Å². The van der Waals surface area contributed by atoms with E-state index in [2.05, 4.69) is 19.6 Å². The summed E-state index contributed by atoms with van der Waals surface area (Å²) < 4.78 is 5.65. The van der Waals surface area contributed by atoms with Crippen LogP contribution >= 0.6 is 0 Å². The van der Waals surface area contributed by atoms with E-state index >= 15 is 0 Å². The van der Waals surface area contributed by atoms with Crippen LogP contribution in [0, 0.1) is 20.2 Å². The molecule has 0 aliphatic carbocycles. The molecule has 24 heavy (non-hydrogen) atoms. The van der Waals surface area contributed by atoms with Gasteiger partial charge in [-0.25, -0.2) is 0 Å². The topological polar surface area (TPSA) is 116 Å². The molecule has 0 saturated heterocycles. The van der Waals surface area contributed by atoms with Gasteiger partial charge < -0.3 is 9.53 Å². The lowest BCUT2D eigenvalue weighted by molar-refractivity contribution is -0.385. The number of non-ortho nitro benzene ring substituents is 2. The van der Waals surface area contributed by atoms with Gasteiger partial charge in [-0.2, -0.15) is 0 Å². The molecular weight excluding hydrogens is 332 g/mol. The molecule has 0 aromatic heterocycles. The maximum absolute atomic E-state index is 10.4. The Hall–Kier alpha value is -2.94. The molecule has 1 N–H and O–H groups in total. The van der Waals surface area contributed by atoms with Crippen LogP contribution in [0.2, 0.25) is 19.6 Å². The minimum atomic E-state index is -1.61. The van der Waals surface area contributed by atoms with Crippen molar-refractivity contribution >= 4 is 19.7 Å². The van der Waals surface area contributed by atoms with E-state index in [0.717, 1.165) is 0 Å². The van der Waals surface area contributed by atoms with Crippen LogP contribution in [0.4, 0.5) is 11.4 Å². The number of aromatic hydroxyl groups is 1. The average molecular weight is 350 g/mol. The predicted molar refractivity (Wildman–Crippen MR) is 91.8 cm³/mol. The monoisotopic (exact) mass is 350 g/mol. The van der Waals surface area contributed by atoms with Crippen LogP contribution in [0.5, 0.6) is 11.5 Å². The highest BCUT2D eigenvalue weighted by atomic mass is 28.4. The van der Waals surface area contributed by atoms with Crippen molar-refractivity contribution in [1.29, 1.82) is 0 Å². The lowest BCUT2D eigenvalue weighted by Crippen LogP contribution is -2.29. The number of nitro benzene ring substituents is 2. The molecule has 2 aromatic rings. The van der Waals surface area contributed by atoms with Crippen LogP contribution in [0.15, 0.2) is 48.5 Å². The van der Waals surface area contributed by atoms with Crippen LogP contribution in [-0.2, 0) is 0 Å². The van der Waals surface area contributed by atoms with Gasteiger partial charge in [0.15, 0.2) is 0 Å². The molecule has 9 heteroatoms. The lowest BCUT2D eigenvalue weighted by atomic mass is 10.3. The highest BCUT2D eigenvalue weighted by Gasteiger charge is 2.16. The van der Waals surface area contributed by atoms with E-state index in [9.17, 15) is 20.2 Å². The molecule has 0 aliphatic rings. The second-order valence-corrected chi connectivity index (χ2v) is 10.2. The van der Waals surface area contributed by atoms with Crippen molar-refractivity contribution in [2.24, 2.45) is 0 Å². The summed E-state index contributed by atoms with van der Waals surface area (Å²) in [5.41, 5.74) is 0.0747. The standard InChI is InChI=1S/C9H13NO3Si.C6H5NO3/c1-14(2,3)13-9-6-4-8(5-7-9)10(11)12;8-6-3-1-5(2-4-6)7(9)10/h4-7H,1-3H3;1-4,8H. The Kier molecular flexibility index (Phi) is 6.42. The molecule has 0 spiro atoms. The first kappa shape index (κ1) is 19.1. The molecule has 0 atom stereocenters. The van der Waals surface area contributed by atoms with Gasteiger partial charge in [0.1, 0.15) is 11.5 Å². The minimum Gasteiger partial charge on any atom is -0.544 e. The molecular formula is C15H18N2O6Si. The molecule has 2 rings (SSSR count). The zero-order valence-corrected chi connectivity index (χ0v) is 14.5. The van der Waals surface area contributed by atoms with Gasteiger partial charge in [-0.15, -0.1) is 0 Å². The number of phenolic OH excluding ortho intramolecular Hbond substituents is 1.